The third-order valence-corrected chi connectivity index (χ3v) is 2.35. The van der Waals surface area contributed by atoms with E-state index in [1.807, 2.05) is 17.5 Å². The smallest absolute Gasteiger partial charge is 0.244 e. The molecule has 0 aliphatic carbocycles. The zero-order valence-electron chi connectivity index (χ0n) is 7.96. The lowest BCUT2D eigenvalue weighted by Crippen LogP contribution is -2.23. The molecule has 6 heteroatoms. The fraction of sp³-hybridized carbons (Fsp3) is 0.222. The molecule has 1 N–H and O–H groups in total. The van der Waals surface area contributed by atoms with Crippen LogP contribution in [0.2, 0.25) is 0 Å². The minimum absolute atomic E-state index is 0.184. The molecule has 0 aliphatic rings. The van der Waals surface area contributed by atoms with Crippen LogP contribution < -0.4 is 5.32 Å². The summed E-state index contributed by atoms with van der Waals surface area (Å²) in [6.45, 7) is 0.632. The first-order valence-electron chi connectivity index (χ1n) is 4.33. The third-order valence-electron chi connectivity index (χ3n) is 1.52. The predicted octanol–water partition coefficient (Wildman–Crippen LogP) is 2.19. The molecular weight excluding hydrogens is 212 g/mol. The Balaban J connectivity index is 2.27. The highest BCUT2D eigenvalue weighted by Gasteiger charge is 1.93. The van der Waals surface area contributed by atoms with Gasteiger partial charge in [-0.25, -0.2) is 0 Å². The number of nitrogens with zero attached hydrogens (tertiary/aromatic N) is 3. The molecule has 1 heterocycles. The Bertz CT molecular complexity index is 379. The molecule has 0 radical (unpaired) electrons. The van der Waals surface area contributed by atoms with Crippen molar-refractivity contribution in [3.05, 3.63) is 38.9 Å². The van der Waals surface area contributed by atoms with Gasteiger partial charge in [-0.3, -0.25) is 4.79 Å². The number of thiophene rings is 1. The number of azide groups is 1. The molecule has 0 saturated heterocycles. The topological polar surface area (TPSA) is 77.9 Å². The van der Waals surface area contributed by atoms with Crippen LogP contribution in [0, 0.1) is 0 Å². The van der Waals surface area contributed by atoms with Gasteiger partial charge < -0.3 is 5.32 Å². The summed E-state index contributed by atoms with van der Waals surface area (Å²) in [5, 5.41) is 7.84. The van der Waals surface area contributed by atoms with Crippen molar-refractivity contribution in [1.29, 1.82) is 0 Å². The Kier molecular flexibility index (Phi) is 5.00. The van der Waals surface area contributed by atoms with Crippen molar-refractivity contribution in [3.8, 4) is 0 Å². The Morgan fingerprint density at radius 2 is 2.60 bits per heavy atom. The second-order valence-corrected chi connectivity index (χ2v) is 3.57. The van der Waals surface area contributed by atoms with E-state index in [0.29, 0.717) is 6.54 Å². The molecule has 1 aromatic rings. The zero-order chi connectivity index (χ0) is 10.9. The minimum atomic E-state index is -0.184. The van der Waals surface area contributed by atoms with E-state index < -0.39 is 0 Å². The van der Waals surface area contributed by atoms with E-state index in [9.17, 15) is 4.79 Å². The first-order chi connectivity index (χ1) is 7.33. The molecule has 15 heavy (non-hydrogen) atoms. The molecule has 5 nitrogen and oxygen atoms in total. The first kappa shape index (κ1) is 11.3. The van der Waals surface area contributed by atoms with Crippen LogP contribution in [-0.4, -0.2) is 19.0 Å². The fourth-order valence-electron chi connectivity index (χ4n) is 0.877. The number of nitrogens with one attached hydrogen (secondary N) is 1. The van der Waals surface area contributed by atoms with Crippen LogP contribution in [0.1, 0.15) is 4.88 Å². The second kappa shape index (κ2) is 6.64. The van der Waals surface area contributed by atoms with Gasteiger partial charge in [-0.2, -0.15) is 0 Å². The van der Waals surface area contributed by atoms with Crippen molar-refractivity contribution in [2.75, 3.05) is 13.1 Å². The van der Waals surface area contributed by atoms with Crippen molar-refractivity contribution in [2.24, 2.45) is 5.11 Å². The standard InChI is InChI=1S/C9H10N4OS/c10-13-12-6-5-11-9(14)4-3-8-2-1-7-15-8/h1-4,7H,5-6H2,(H,11,14). The van der Waals surface area contributed by atoms with E-state index in [1.165, 1.54) is 6.08 Å². The van der Waals surface area contributed by atoms with E-state index in [-0.39, 0.29) is 12.5 Å². The monoisotopic (exact) mass is 222 g/mol. The molecule has 0 aliphatic heterocycles. The van der Waals surface area contributed by atoms with E-state index in [0.717, 1.165) is 4.88 Å². The normalized spacial score (nSPS) is 9.87. The van der Waals surface area contributed by atoms with Gasteiger partial charge in [0.1, 0.15) is 0 Å². The minimum Gasteiger partial charge on any atom is -0.352 e. The van der Waals surface area contributed by atoms with Gasteiger partial charge in [-0.05, 0) is 23.1 Å². The van der Waals surface area contributed by atoms with Gasteiger partial charge in [0.05, 0.1) is 0 Å². The molecule has 1 rings (SSSR count). The van der Waals surface area contributed by atoms with Gasteiger partial charge in [0.2, 0.25) is 5.91 Å². The van der Waals surface area contributed by atoms with Crippen LogP contribution in [0.5, 0.6) is 0 Å². The lowest BCUT2D eigenvalue weighted by molar-refractivity contribution is -0.116. The van der Waals surface area contributed by atoms with Gasteiger partial charge in [0, 0.05) is 29.0 Å². The van der Waals surface area contributed by atoms with E-state index in [1.54, 1.807) is 17.4 Å². The molecule has 0 unspecified atom stereocenters. The molecule has 1 amide bonds. The van der Waals surface area contributed by atoms with E-state index in [2.05, 4.69) is 15.3 Å². The Morgan fingerprint density at radius 1 is 1.73 bits per heavy atom. The maximum absolute atomic E-state index is 11.2. The Labute approximate surface area is 91.1 Å². The lowest BCUT2D eigenvalue weighted by Gasteiger charge is -1.96. The van der Waals surface area contributed by atoms with Crippen LogP contribution in [-0.2, 0) is 4.79 Å². The summed E-state index contributed by atoms with van der Waals surface area (Å²) >= 11 is 1.56. The molecular formula is C9H10N4OS. The molecule has 0 bridgehead atoms. The van der Waals surface area contributed by atoms with E-state index in [4.69, 9.17) is 5.53 Å². The first-order valence-corrected chi connectivity index (χ1v) is 5.21. The summed E-state index contributed by atoms with van der Waals surface area (Å²) in [7, 11) is 0. The second-order valence-electron chi connectivity index (χ2n) is 2.59. The Morgan fingerprint density at radius 3 is 3.27 bits per heavy atom. The maximum Gasteiger partial charge on any atom is 0.244 e. The molecule has 0 fully saturated rings. The van der Waals surface area contributed by atoms with Crippen molar-refractivity contribution in [3.63, 3.8) is 0 Å². The highest BCUT2D eigenvalue weighted by atomic mass is 32.1. The molecule has 78 valence electrons. The average Bonchev–Trinajstić information content (AvgIpc) is 2.74. The van der Waals surface area contributed by atoms with Crippen LogP contribution in [0.25, 0.3) is 16.5 Å². The Hall–Kier alpha value is -1.78. The largest absolute Gasteiger partial charge is 0.352 e. The molecule has 0 spiro atoms. The summed E-state index contributed by atoms with van der Waals surface area (Å²) in [5.74, 6) is -0.184. The highest BCUT2D eigenvalue weighted by Crippen LogP contribution is 2.09. The van der Waals surface area contributed by atoms with Crippen LogP contribution in [0.15, 0.2) is 28.7 Å². The van der Waals surface area contributed by atoms with Crippen molar-refractivity contribution in [1.82, 2.24) is 5.32 Å². The molecule has 0 aromatic carbocycles. The molecule has 0 atom stereocenters. The van der Waals surface area contributed by atoms with Gasteiger partial charge in [0.15, 0.2) is 0 Å². The number of hydrogen-bond donors (Lipinski definition) is 1. The highest BCUT2D eigenvalue weighted by molar-refractivity contribution is 7.10. The van der Waals surface area contributed by atoms with Gasteiger partial charge in [-0.1, -0.05) is 11.2 Å². The maximum atomic E-state index is 11.2. The average molecular weight is 222 g/mol. The molecule has 0 saturated carbocycles. The zero-order valence-corrected chi connectivity index (χ0v) is 8.78. The van der Waals surface area contributed by atoms with Crippen molar-refractivity contribution >= 4 is 23.3 Å². The number of hydrogen-bond acceptors (Lipinski definition) is 3. The van der Waals surface area contributed by atoms with Crippen LogP contribution in [0.4, 0.5) is 0 Å². The van der Waals surface area contributed by atoms with Crippen LogP contribution in [0.3, 0.4) is 0 Å². The SMILES string of the molecule is [N-]=[N+]=NCCNC(=O)C=Cc1cccs1. The van der Waals surface area contributed by atoms with Gasteiger partial charge in [-0.15, -0.1) is 11.3 Å². The molecule has 1 aromatic heterocycles. The summed E-state index contributed by atoms with van der Waals surface area (Å²) in [6, 6.07) is 3.85. The van der Waals surface area contributed by atoms with Crippen molar-refractivity contribution in [2.45, 2.75) is 0 Å². The number of amides is 1. The summed E-state index contributed by atoms with van der Waals surface area (Å²) in [6.07, 6.45) is 3.20. The quantitative estimate of drug-likeness (QED) is 0.268. The van der Waals surface area contributed by atoms with E-state index >= 15 is 0 Å². The van der Waals surface area contributed by atoms with Gasteiger partial charge in [0.25, 0.3) is 0 Å². The fourth-order valence-corrected chi connectivity index (χ4v) is 1.49. The summed E-state index contributed by atoms with van der Waals surface area (Å²) in [4.78, 5) is 14.8. The van der Waals surface area contributed by atoms with Gasteiger partial charge >= 0.3 is 0 Å². The third kappa shape index (κ3) is 4.85. The number of carbonyl (C=O) groups is 1. The van der Waals surface area contributed by atoms with Crippen molar-refractivity contribution < 1.29 is 4.79 Å². The lowest BCUT2D eigenvalue weighted by atomic mass is 10.4. The summed E-state index contributed by atoms with van der Waals surface area (Å²) in [5.41, 5.74) is 7.99. The summed E-state index contributed by atoms with van der Waals surface area (Å²) < 4.78 is 0. The number of rotatable bonds is 5. The predicted molar refractivity (Wildman–Crippen MR) is 60.4 cm³/mol. The van der Waals surface area contributed by atoms with Crippen LogP contribution >= 0.6 is 11.3 Å². The number of carbonyl (C=O) groups excluding carboxylic acids is 1.